The van der Waals surface area contributed by atoms with Crippen molar-refractivity contribution >= 4 is 28.4 Å². The van der Waals surface area contributed by atoms with Crippen LogP contribution in [0, 0.1) is 12.3 Å². The van der Waals surface area contributed by atoms with Gasteiger partial charge in [-0.1, -0.05) is 67.1 Å². The topological polar surface area (TPSA) is 37.7 Å². The standard InChI is InChI=1S/C35H42ClN3O2/c1-5-28-13-9-14-31-29(22-38(4)34(28)31)23-39-18-10-17-35(24-39,25-41-30-15-16-32(36)26(2)19-30)20-33(40)37(3)21-27-11-7-6-8-12-27/h6-9,11-16,19,22H,5,10,17-18,20-21,23-25H2,1-4H3/t35-/m1/s1. The fraction of sp³-hybridized carbons (Fsp3) is 0.400. The predicted molar refractivity (Wildman–Crippen MR) is 168 cm³/mol. The molecular formula is C35H42ClN3O2. The quantitative estimate of drug-likeness (QED) is 0.199. The maximum absolute atomic E-state index is 13.7. The van der Waals surface area contributed by atoms with Gasteiger partial charge in [-0.25, -0.2) is 0 Å². The van der Waals surface area contributed by atoms with Gasteiger partial charge in [0.15, 0.2) is 0 Å². The number of hydrogen-bond acceptors (Lipinski definition) is 3. The van der Waals surface area contributed by atoms with Gasteiger partial charge in [-0.2, -0.15) is 0 Å². The molecule has 1 aromatic heterocycles. The highest BCUT2D eigenvalue weighted by Gasteiger charge is 2.39. The van der Waals surface area contributed by atoms with E-state index in [4.69, 9.17) is 16.3 Å². The fourth-order valence-corrected chi connectivity index (χ4v) is 6.51. The molecule has 2 heterocycles. The first-order chi connectivity index (χ1) is 19.8. The molecule has 1 aliphatic rings. The summed E-state index contributed by atoms with van der Waals surface area (Å²) >= 11 is 6.27. The average Bonchev–Trinajstić information content (AvgIpc) is 3.29. The van der Waals surface area contributed by atoms with Crippen LogP contribution in [0.5, 0.6) is 5.75 Å². The van der Waals surface area contributed by atoms with E-state index in [0.717, 1.165) is 60.8 Å². The zero-order valence-corrected chi connectivity index (χ0v) is 25.6. The summed E-state index contributed by atoms with van der Waals surface area (Å²) in [6.07, 6.45) is 5.74. The van der Waals surface area contributed by atoms with Gasteiger partial charge in [0.05, 0.1) is 12.1 Å². The maximum Gasteiger partial charge on any atom is 0.223 e. The lowest BCUT2D eigenvalue weighted by atomic mass is 9.77. The average molecular weight is 572 g/mol. The smallest absolute Gasteiger partial charge is 0.223 e. The van der Waals surface area contributed by atoms with Crippen LogP contribution < -0.4 is 4.74 Å². The molecule has 0 aliphatic carbocycles. The number of rotatable bonds is 10. The third-order valence-electron chi connectivity index (χ3n) is 8.57. The molecule has 1 amide bonds. The van der Waals surface area contributed by atoms with Crippen molar-refractivity contribution in [2.45, 2.75) is 52.6 Å². The summed E-state index contributed by atoms with van der Waals surface area (Å²) < 4.78 is 8.70. The number of hydrogen-bond donors (Lipinski definition) is 0. The second-order valence-electron chi connectivity index (χ2n) is 11.9. The van der Waals surface area contributed by atoms with Crippen molar-refractivity contribution in [1.29, 1.82) is 0 Å². The first-order valence-electron chi connectivity index (χ1n) is 14.7. The Labute approximate surface area is 249 Å². The number of halogens is 1. The molecule has 0 saturated carbocycles. The summed E-state index contributed by atoms with van der Waals surface area (Å²) in [5.41, 5.74) is 5.89. The van der Waals surface area contributed by atoms with E-state index in [-0.39, 0.29) is 11.3 Å². The van der Waals surface area contributed by atoms with E-state index in [9.17, 15) is 4.79 Å². The number of aromatic nitrogens is 1. The van der Waals surface area contributed by atoms with Gasteiger partial charge in [-0.15, -0.1) is 0 Å². The number of ether oxygens (including phenoxy) is 1. The monoisotopic (exact) mass is 571 g/mol. The first-order valence-corrected chi connectivity index (χ1v) is 15.1. The molecule has 3 aromatic carbocycles. The van der Waals surface area contributed by atoms with Crippen LogP contribution in [0.25, 0.3) is 10.9 Å². The molecule has 1 atom stereocenters. The number of amides is 1. The molecule has 1 saturated heterocycles. The van der Waals surface area contributed by atoms with Gasteiger partial charge in [-0.05, 0) is 73.2 Å². The van der Waals surface area contributed by atoms with Crippen molar-refractivity contribution < 1.29 is 9.53 Å². The lowest BCUT2D eigenvalue weighted by Crippen LogP contribution is -2.48. The summed E-state index contributed by atoms with van der Waals surface area (Å²) in [5.74, 6) is 0.957. The predicted octanol–water partition coefficient (Wildman–Crippen LogP) is 7.41. The van der Waals surface area contributed by atoms with E-state index in [1.54, 1.807) is 0 Å². The van der Waals surface area contributed by atoms with Gasteiger partial charge in [0.1, 0.15) is 5.75 Å². The van der Waals surface area contributed by atoms with Crippen LogP contribution in [0.4, 0.5) is 0 Å². The molecule has 1 aliphatic heterocycles. The molecule has 0 spiro atoms. The third-order valence-corrected chi connectivity index (χ3v) is 9.00. The third kappa shape index (κ3) is 6.79. The van der Waals surface area contributed by atoms with Crippen molar-refractivity contribution in [3.63, 3.8) is 0 Å². The van der Waals surface area contributed by atoms with Crippen molar-refractivity contribution in [2.75, 3.05) is 26.7 Å². The number of para-hydroxylation sites is 1. The van der Waals surface area contributed by atoms with Crippen LogP contribution >= 0.6 is 11.6 Å². The van der Waals surface area contributed by atoms with Crippen LogP contribution in [-0.4, -0.2) is 47.0 Å². The number of piperidine rings is 1. The Bertz CT molecular complexity index is 1500. The molecule has 1 fully saturated rings. The van der Waals surface area contributed by atoms with E-state index in [1.807, 2.05) is 55.3 Å². The van der Waals surface area contributed by atoms with E-state index >= 15 is 0 Å². The highest BCUT2D eigenvalue weighted by Crippen LogP contribution is 2.37. The Kier molecular flexibility index (Phi) is 9.06. The Balaban J connectivity index is 1.37. The zero-order valence-electron chi connectivity index (χ0n) is 24.8. The number of carbonyl (C=O) groups excluding carboxylic acids is 1. The minimum absolute atomic E-state index is 0.157. The Morgan fingerprint density at radius 3 is 2.63 bits per heavy atom. The molecule has 0 N–H and O–H groups in total. The van der Waals surface area contributed by atoms with Crippen molar-refractivity contribution in [1.82, 2.24) is 14.4 Å². The number of likely N-dealkylation sites (tertiary alicyclic amines) is 1. The number of nitrogens with zero attached hydrogens (tertiary/aromatic N) is 3. The first kappa shape index (κ1) is 29.2. The van der Waals surface area contributed by atoms with Crippen molar-refractivity contribution in [3.05, 3.63) is 100 Å². The lowest BCUT2D eigenvalue weighted by Gasteiger charge is -2.43. The Morgan fingerprint density at radius 1 is 1.07 bits per heavy atom. The van der Waals surface area contributed by atoms with Gasteiger partial charge in [0.25, 0.3) is 0 Å². The van der Waals surface area contributed by atoms with Crippen LogP contribution in [0.2, 0.25) is 5.02 Å². The summed E-state index contributed by atoms with van der Waals surface area (Å²) in [7, 11) is 4.06. The molecule has 0 unspecified atom stereocenters. The van der Waals surface area contributed by atoms with Crippen LogP contribution in [0.1, 0.15) is 48.4 Å². The second-order valence-corrected chi connectivity index (χ2v) is 12.3. The minimum Gasteiger partial charge on any atom is -0.493 e. The van der Waals surface area contributed by atoms with Gasteiger partial charge in [0, 0.05) is 62.2 Å². The number of benzene rings is 3. The van der Waals surface area contributed by atoms with Gasteiger partial charge >= 0.3 is 0 Å². The summed E-state index contributed by atoms with van der Waals surface area (Å²) in [6, 6.07) is 22.6. The molecule has 41 heavy (non-hydrogen) atoms. The van der Waals surface area contributed by atoms with E-state index in [2.05, 4.69) is 60.0 Å². The fourth-order valence-electron chi connectivity index (χ4n) is 6.39. The SMILES string of the molecule is CCc1cccc2c(CN3CCC[C@@](COc4ccc(Cl)c(C)c4)(CC(=O)N(C)Cc4ccccc4)C3)cn(C)c12. The largest absolute Gasteiger partial charge is 0.493 e. The van der Waals surface area contributed by atoms with Gasteiger partial charge in [0.2, 0.25) is 5.91 Å². The molecule has 6 heteroatoms. The van der Waals surface area contributed by atoms with Crippen molar-refractivity contribution in [3.8, 4) is 5.75 Å². The van der Waals surface area contributed by atoms with Crippen LogP contribution in [0.15, 0.2) is 72.9 Å². The normalized spacial score (nSPS) is 17.6. The Morgan fingerprint density at radius 2 is 1.88 bits per heavy atom. The van der Waals surface area contributed by atoms with Crippen LogP contribution in [-0.2, 0) is 31.4 Å². The van der Waals surface area contributed by atoms with E-state index in [0.29, 0.717) is 19.6 Å². The summed E-state index contributed by atoms with van der Waals surface area (Å²) in [5, 5.41) is 2.06. The summed E-state index contributed by atoms with van der Waals surface area (Å²) in [4.78, 5) is 18.1. The van der Waals surface area contributed by atoms with E-state index in [1.165, 1.54) is 22.0 Å². The molecule has 216 valence electrons. The van der Waals surface area contributed by atoms with Gasteiger partial charge in [-0.3, -0.25) is 9.69 Å². The minimum atomic E-state index is -0.285. The zero-order chi connectivity index (χ0) is 29.0. The molecule has 5 nitrogen and oxygen atoms in total. The highest BCUT2D eigenvalue weighted by atomic mass is 35.5. The van der Waals surface area contributed by atoms with Crippen LogP contribution in [0.3, 0.4) is 0 Å². The molecule has 0 radical (unpaired) electrons. The molecule has 5 rings (SSSR count). The molecule has 0 bridgehead atoms. The number of carbonyl (C=O) groups is 1. The maximum atomic E-state index is 13.7. The van der Waals surface area contributed by atoms with Gasteiger partial charge < -0.3 is 14.2 Å². The number of fused-ring (bicyclic) bond motifs is 1. The Hall–Kier alpha value is -3.28. The molecular weight excluding hydrogens is 530 g/mol. The summed E-state index contributed by atoms with van der Waals surface area (Å²) in [6.45, 7) is 7.99. The second kappa shape index (κ2) is 12.7. The van der Waals surface area contributed by atoms with Crippen molar-refractivity contribution in [2.24, 2.45) is 12.5 Å². The van der Waals surface area contributed by atoms with E-state index < -0.39 is 0 Å². The highest BCUT2D eigenvalue weighted by molar-refractivity contribution is 6.31. The lowest BCUT2D eigenvalue weighted by molar-refractivity contribution is -0.135. The number of aryl methyl sites for hydroxylation is 3. The molecule has 4 aromatic rings.